The number of carboxylic acid groups (broad SMARTS) is 1. The molecule has 0 bridgehead atoms. The molecule has 20 heavy (non-hydrogen) atoms. The Morgan fingerprint density at radius 3 is 2.70 bits per heavy atom. The van der Waals surface area contributed by atoms with Gasteiger partial charge in [-0.05, 0) is 11.6 Å². The van der Waals surface area contributed by atoms with Crippen molar-refractivity contribution in [1.82, 2.24) is 5.16 Å². The van der Waals surface area contributed by atoms with Gasteiger partial charge in [-0.1, -0.05) is 5.16 Å². The van der Waals surface area contributed by atoms with Crippen molar-refractivity contribution in [2.45, 2.75) is 6.61 Å². The number of hydrogen-bond donors (Lipinski definition) is 1. The summed E-state index contributed by atoms with van der Waals surface area (Å²) >= 11 is 0. The quantitative estimate of drug-likeness (QED) is 0.905. The Balaban J connectivity index is 2.59. The number of aromatic carboxylic acids is 1. The van der Waals surface area contributed by atoms with E-state index in [9.17, 15) is 9.18 Å². The molecule has 0 atom stereocenters. The van der Waals surface area contributed by atoms with Crippen LogP contribution in [0, 0.1) is 5.82 Å². The van der Waals surface area contributed by atoms with Gasteiger partial charge < -0.3 is 19.1 Å². The molecule has 1 aromatic heterocycles. The lowest BCUT2D eigenvalue weighted by atomic mass is 10.0. The fraction of sp³-hybridized carbons (Fsp3) is 0.231. The van der Waals surface area contributed by atoms with Gasteiger partial charge in [-0.3, -0.25) is 0 Å². The highest BCUT2D eigenvalue weighted by atomic mass is 19.1. The molecule has 2 aromatic rings. The minimum absolute atomic E-state index is 0.118. The van der Waals surface area contributed by atoms with Crippen LogP contribution >= 0.6 is 0 Å². The summed E-state index contributed by atoms with van der Waals surface area (Å²) in [5.41, 5.74) is 0.642. The summed E-state index contributed by atoms with van der Waals surface area (Å²) < 4.78 is 28.6. The normalized spacial score (nSPS) is 10.6. The van der Waals surface area contributed by atoms with Crippen LogP contribution in [0.15, 0.2) is 22.7 Å². The molecule has 0 saturated carbocycles. The second-order valence-electron chi connectivity index (χ2n) is 3.96. The molecule has 1 heterocycles. The molecular formula is C13H12FNO5. The number of carbonyl (C=O) groups is 1. The second kappa shape index (κ2) is 5.70. The smallest absolute Gasteiger partial charge is 0.358 e. The molecule has 106 valence electrons. The molecular weight excluding hydrogens is 269 g/mol. The fourth-order valence-electron chi connectivity index (χ4n) is 1.84. The van der Waals surface area contributed by atoms with Crippen molar-refractivity contribution in [2.24, 2.45) is 0 Å². The number of aromatic nitrogens is 1. The highest BCUT2D eigenvalue weighted by Crippen LogP contribution is 2.35. The van der Waals surface area contributed by atoms with Crippen LogP contribution in [-0.4, -0.2) is 30.5 Å². The Kier molecular flexibility index (Phi) is 3.99. The first-order valence-corrected chi connectivity index (χ1v) is 5.62. The summed E-state index contributed by atoms with van der Waals surface area (Å²) in [5.74, 6) is -1.32. The largest absolute Gasteiger partial charge is 0.496 e. The first kappa shape index (κ1) is 14.0. The number of methoxy groups -OCH3 is 2. The summed E-state index contributed by atoms with van der Waals surface area (Å²) in [4.78, 5) is 10.8. The van der Waals surface area contributed by atoms with Gasteiger partial charge in [0.05, 0.1) is 19.3 Å². The van der Waals surface area contributed by atoms with Crippen molar-refractivity contribution in [3.05, 3.63) is 35.3 Å². The van der Waals surface area contributed by atoms with E-state index in [1.807, 2.05) is 0 Å². The molecule has 0 spiro atoms. The van der Waals surface area contributed by atoms with E-state index in [0.29, 0.717) is 11.1 Å². The molecule has 0 aliphatic heterocycles. The van der Waals surface area contributed by atoms with E-state index in [1.165, 1.54) is 32.4 Å². The Hall–Kier alpha value is -2.41. The fourth-order valence-corrected chi connectivity index (χ4v) is 1.84. The van der Waals surface area contributed by atoms with E-state index in [0.717, 1.165) is 0 Å². The number of ether oxygens (including phenoxy) is 2. The Morgan fingerprint density at radius 1 is 1.40 bits per heavy atom. The van der Waals surface area contributed by atoms with Crippen LogP contribution in [0.4, 0.5) is 4.39 Å². The third kappa shape index (κ3) is 2.62. The van der Waals surface area contributed by atoms with Gasteiger partial charge in [0.25, 0.3) is 0 Å². The summed E-state index contributed by atoms with van der Waals surface area (Å²) in [5, 5.41) is 12.3. The third-order valence-electron chi connectivity index (χ3n) is 2.64. The maximum Gasteiger partial charge on any atom is 0.358 e. The van der Waals surface area contributed by atoms with E-state index >= 15 is 0 Å². The molecule has 0 aliphatic carbocycles. The van der Waals surface area contributed by atoms with Crippen molar-refractivity contribution in [2.75, 3.05) is 14.2 Å². The predicted octanol–water partition coefficient (Wildman–Crippen LogP) is 2.33. The van der Waals surface area contributed by atoms with E-state index in [2.05, 4.69) is 5.16 Å². The average molecular weight is 281 g/mol. The SMILES string of the molecule is COCc1cc(F)cc(OC)c1-c1cc(C(=O)O)no1. The monoisotopic (exact) mass is 281 g/mol. The minimum atomic E-state index is -1.21. The van der Waals surface area contributed by atoms with Gasteiger partial charge in [0.2, 0.25) is 0 Å². The molecule has 1 aromatic carbocycles. The molecule has 0 saturated heterocycles. The maximum atomic E-state index is 13.5. The zero-order valence-corrected chi connectivity index (χ0v) is 10.8. The summed E-state index contributed by atoms with van der Waals surface area (Å²) in [6.07, 6.45) is 0. The van der Waals surface area contributed by atoms with E-state index in [-0.39, 0.29) is 23.8 Å². The van der Waals surface area contributed by atoms with Crippen molar-refractivity contribution in [1.29, 1.82) is 0 Å². The molecule has 0 unspecified atom stereocenters. The topological polar surface area (TPSA) is 81.8 Å². The summed E-state index contributed by atoms with van der Waals surface area (Å²) in [7, 11) is 2.84. The highest BCUT2D eigenvalue weighted by molar-refractivity contribution is 5.87. The van der Waals surface area contributed by atoms with Gasteiger partial charge in [0.15, 0.2) is 11.5 Å². The molecule has 0 fully saturated rings. The van der Waals surface area contributed by atoms with Crippen LogP contribution in [-0.2, 0) is 11.3 Å². The van der Waals surface area contributed by atoms with E-state index in [1.54, 1.807) is 0 Å². The first-order chi connectivity index (χ1) is 9.56. The summed E-state index contributed by atoms with van der Waals surface area (Å²) in [6, 6.07) is 3.69. The van der Waals surface area contributed by atoms with Gasteiger partial charge in [-0.15, -0.1) is 0 Å². The third-order valence-corrected chi connectivity index (χ3v) is 2.64. The number of benzene rings is 1. The molecule has 7 heteroatoms. The van der Waals surface area contributed by atoms with Crippen LogP contribution in [0.2, 0.25) is 0 Å². The highest BCUT2D eigenvalue weighted by Gasteiger charge is 2.20. The van der Waals surface area contributed by atoms with Gasteiger partial charge in [-0.25, -0.2) is 9.18 Å². The van der Waals surface area contributed by atoms with Gasteiger partial charge in [0, 0.05) is 19.2 Å². The predicted molar refractivity (Wildman–Crippen MR) is 66.1 cm³/mol. The second-order valence-corrected chi connectivity index (χ2v) is 3.96. The summed E-state index contributed by atoms with van der Waals surface area (Å²) in [6.45, 7) is 0.118. The van der Waals surface area contributed by atoms with Crippen molar-refractivity contribution in [3.8, 4) is 17.1 Å². The average Bonchev–Trinajstić information content (AvgIpc) is 2.87. The Morgan fingerprint density at radius 2 is 2.15 bits per heavy atom. The van der Waals surface area contributed by atoms with Crippen LogP contribution in [0.5, 0.6) is 5.75 Å². The van der Waals surface area contributed by atoms with Crippen LogP contribution in [0.25, 0.3) is 11.3 Å². The molecule has 0 aliphatic rings. The minimum Gasteiger partial charge on any atom is -0.496 e. The van der Waals surface area contributed by atoms with Gasteiger partial charge in [-0.2, -0.15) is 0 Å². The Labute approximate surface area is 113 Å². The van der Waals surface area contributed by atoms with E-state index < -0.39 is 11.8 Å². The lowest BCUT2D eigenvalue weighted by molar-refractivity contribution is 0.0686. The van der Waals surface area contributed by atoms with Crippen molar-refractivity contribution >= 4 is 5.97 Å². The molecule has 0 amide bonds. The molecule has 0 radical (unpaired) electrons. The maximum absolute atomic E-state index is 13.5. The van der Waals surface area contributed by atoms with Gasteiger partial charge >= 0.3 is 5.97 Å². The van der Waals surface area contributed by atoms with Crippen LogP contribution < -0.4 is 4.74 Å². The van der Waals surface area contributed by atoms with Gasteiger partial charge in [0.1, 0.15) is 11.6 Å². The number of hydrogen-bond acceptors (Lipinski definition) is 5. The molecule has 1 N–H and O–H groups in total. The first-order valence-electron chi connectivity index (χ1n) is 5.62. The standard InChI is InChI=1S/C13H12FNO5/c1-18-6-7-3-8(14)4-10(19-2)12(7)11-5-9(13(16)17)15-20-11/h3-5H,6H2,1-2H3,(H,16,17). The number of rotatable bonds is 5. The van der Waals surface area contributed by atoms with Crippen LogP contribution in [0.3, 0.4) is 0 Å². The van der Waals surface area contributed by atoms with Crippen molar-refractivity contribution in [3.63, 3.8) is 0 Å². The zero-order valence-electron chi connectivity index (χ0n) is 10.8. The number of carboxylic acids is 1. The lowest BCUT2D eigenvalue weighted by Crippen LogP contribution is -1.98. The molecule has 6 nitrogen and oxygen atoms in total. The number of nitrogens with zero attached hydrogens (tertiary/aromatic N) is 1. The zero-order chi connectivity index (χ0) is 14.7. The molecule has 2 rings (SSSR count). The van der Waals surface area contributed by atoms with E-state index in [4.69, 9.17) is 19.1 Å². The lowest BCUT2D eigenvalue weighted by Gasteiger charge is -2.11. The van der Waals surface area contributed by atoms with Crippen molar-refractivity contribution < 1.29 is 28.3 Å². The van der Waals surface area contributed by atoms with Crippen LogP contribution in [0.1, 0.15) is 16.1 Å². The Bertz CT molecular complexity index is 638. The number of halogens is 1.